The van der Waals surface area contributed by atoms with E-state index in [1.165, 1.54) is 24.0 Å². The number of nitrogens with zero attached hydrogens (tertiary/aromatic N) is 1. The molecule has 2 aliphatic carbocycles. The lowest BCUT2D eigenvalue weighted by atomic mass is 9.92. The lowest BCUT2D eigenvalue weighted by molar-refractivity contribution is 0.143. The standard InChI is InChI=1S/C18H19NO/c20-18(15-4-1-3-14(11-15)12-6-7-12)16-9-8-13-5-2-10-19-17(13)16/h1-5,10-12,16,18,20H,6-9H2. The fourth-order valence-electron chi connectivity index (χ4n) is 3.40. The van der Waals surface area contributed by atoms with E-state index in [0.717, 1.165) is 30.0 Å². The molecule has 1 heterocycles. The van der Waals surface area contributed by atoms with Crippen LogP contribution in [-0.4, -0.2) is 10.1 Å². The van der Waals surface area contributed by atoms with Crippen LogP contribution in [0.3, 0.4) is 0 Å². The molecule has 0 aliphatic heterocycles. The van der Waals surface area contributed by atoms with Crippen molar-refractivity contribution in [1.82, 2.24) is 4.98 Å². The Morgan fingerprint density at radius 2 is 2.00 bits per heavy atom. The molecule has 20 heavy (non-hydrogen) atoms. The molecule has 1 N–H and O–H groups in total. The molecular weight excluding hydrogens is 246 g/mol. The molecule has 1 aromatic heterocycles. The van der Waals surface area contributed by atoms with Crippen molar-refractivity contribution in [2.45, 2.75) is 43.6 Å². The van der Waals surface area contributed by atoms with Crippen molar-refractivity contribution in [2.24, 2.45) is 0 Å². The van der Waals surface area contributed by atoms with Crippen LogP contribution in [0.2, 0.25) is 0 Å². The molecule has 1 aromatic carbocycles. The number of fused-ring (bicyclic) bond motifs is 1. The summed E-state index contributed by atoms with van der Waals surface area (Å²) < 4.78 is 0. The van der Waals surface area contributed by atoms with Crippen molar-refractivity contribution in [2.75, 3.05) is 0 Å². The first kappa shape index (κ1) is 12.1. The summed E-state index contributed by atoms with van der Waals surface area (Å²) in [7, 11) is 0. The Labute approximate surface area is 119 Å². The molecule has 4 rings (SSSR count). The summed E-state index contributed by atoms with van der Waals surface area (Å²) >= 11 is 0. The van der Waals surface area contributed by atoms with Gasteiger partial charge in [0.15, 0.2) is 0 Å². The molecule has 2 heteroatoms. The summed E-state index contributed by atoms with van der Waals surface area (Å²) in [5.74, 6) is 0.886. The molecule has 0 radical (unpaired) electrons. The van der Waals surface area contributed by atoms with Gasteiger partial charge in [-0.1, -0.05) is 30.3 Å². The predicted octanol–water partition coefficient (Wildman–Crippen LogP) is 3.72. The minimum absolute atomic E-state index is 0.153. The highest BCUT2D eigenvalue weighted by Gasteiger charge is 2.31. The van der Waals surface area contributed by atoms with Gasteiger partial charge < -0.3 is 5.11 Å². The number of aryl methyl sites for hydroxylation is 1. The molecular formula is C18H19NO. The summed E-state index contributed by atoms with van der Waals surface area (Å²) in [6, 6.07) is 12.6. The molecule has 1 fully saturated rings. The highest BCUT2D eigenvalue weighted by Crippen LogP contribution is 2.43. The number of aromatic nitrogens is 1. The van der Waals surface area contributed by atoms with Crippen molar-refractivity contribution < 1.29 is 5.11 Å². The fraction of sp³-hybridized carbons (Fsp3) is 0.389. The average molecular weight is 265 g/mol. The van der Waals surface area contributed by atoms with Gasteiger partial charge in [-0.05, 0) is 54.4 Å². The Morgan fingerprint density at radius 1 is 1.10 bits per heavy atom. The second kappa shape index (κ2) is 4.71. The quantitative estimate of drug-likeness (QED) is 0.917. The number of aliphatic hydroxyl groups is 1. The first-order valence-electron chi connectivity index (χ1n) is 7.54. The first-order valence-corrected chi connectivity index (χ1v) is 7.54. The van der Waals surface area contributed by atoms with E-state index in [0.29, 0.717) is 0 Å². The van der Waals surface area contributed by atoms with E-state index in [1.807, 2.05) is 12.3 Å². The van der Waals surface area contributed by atoms with Gasteiger partial charge in [0.05, 0.1) is 6.10 Å². The Bertz CT molecular complexity index is 633. The lowest BCUT2D eigenvalue weighted by Crippen LogP contribution is -2.09. The minimum atomic E-state index is -0.426. The number of hydrogen-bond acceptors (Lipinski definition) is 2. The summed E-state index contributed by atoms with van der Waals surface area (Å²) in [5.41, 5.74) is 4.84. The number of aliphatic hydroxyl groups excluding tert-OH is 1. The minimum Gasteiger partial charge on any atom is -0.388 e. The van der Waals surface area contributed by atoms with E-state index in [-0.39, 0.29) is 5.92 Å². The van der Waals surface area contributed by atoms with E-state index < -0.39 is 6.10 Å². The van der Waals surface area contributed by atoms with Gasteiger partial charge in [0.1, 0.15) is 0 Å². The molecule has 0 spiro atoms. The van der Waals surface area contributed by atoms with E-state index >= 15 is 0 Å². The monoisotopic (exact) mass is 265 g/mol. The van der Waals surface area contributed by atoms with Crippen LogP contribution in [-0.2, 0) is 6.42 Å². The Morgan fingerprint density at radius 3 is 2.85 bits per heavy atom. The molecule has 2 nitrogen and oxygen atoms in total. The Balaban J connectivity index is 1.64. The van der Waals surface area contributed by atoms with E-state index in [9.17, 15) is 5.11 Å². The van der Waals surface area contributed by atoms with Crippen LogP contribution in [0, 0.1) is 0 Å². The van der Waals surface area contributed by atoms with Crippen molar-refractivity contribution in [3.63, 3.8) is 0 Å². The number of rotatable bonds is 3. The maximum atomic E-state index is 10.8. The van der Waals surface area contributed by atoms with Crippen LogP contribution in [0.4, 0.5) is 0 Å². The van der Waals surface area contributed by atoms with Crippen LogP contribution in [0.5, 0.6) is 0 Å². The van der Waals surface area contributed by atoms with Crippen LogP contribution in [0.15, 0.2) is 42.6 Å². The molecule has 1 saturated carbocycles. The third-order valence-corrected chi connectivity index (χ3v) is 4.68. The zero-order valence-corrected chi connectivity index (χ0v) is 11.5. The van der Waals surface area contributed by atoms with Crippen molar-refractivity contribution >= 4 is 0 Å². The third-order valence-electron chi connectivity index (χ3n) is 4.68. The Hall–Kier alpha value is -1.67. The normalized spacial score (nSPS) is 22.6. The van der Waals surface area contributed by atoms with Gasteiger partial charge >= 0.3 is 0 Å². The highest BCUT2D eigenvalue weighted by molar-refractivity contribution is 5.35. The van der Waals surface area contributed by atoms with Crippen molar-refractivity contribution in [3.8, 4) is 0 Å². The van der Waals surface area contributed by atoms with Crippen LogP contribution >= 0.6 is 0 Å². The van der Waals surface area contributed by atoms with Gasteiger partial charge in [-0.25, -0.2) is 0 Å². The van der Waals surface area contributed by atoms with Gasteiger partial charge in [0.2, 0.25) is 0 Å². The number of pyridine rings is 1. The second-order valence-corrected chi connectivity index (χ2v) is 6.08. The highest BCUT2D eigenvalue weighted by atomic mass is 16.3. The van der Waals surface area contributed by atoms with E-state index in [2.05, 4.69) is 35.3 Å². The summed E-state index contributed by atoms with van der Waals surface area (Å²) in [6.45, 7) is 0. The first-order chi connectivity index (χ1) is 9.83. The van der Waals surface area contributed by atoms with E-state index in [4.69, 9.17) is 0 Å². The Kier molecular flexibility index (Phi) is 2.85. The molecule has 2 atom stereocenters. The van der Waals surface area contributed by atoms with Crippen LogP contribution < -0.4 is 0 Å². The average Bonchev–Trinajstić information content (AvgIpc) is 3.26. The number of hydrogen-bond donors (Lipinski definition) is 1. The summed E-state index contributed by atoms with van der Waals surface area (Å²) in [5, 5.41) is 10.8. The zero-order chi connectivity index (χ0) is 13.5. The summed E-state index contributed by atoms with van der Waals surface area (Å²) in [6.07, 6.45) is 6.05. The number of benzene rings is 1. The fourth-order valence-corrected chi connectivity index (χ4v) is 3.40. The maximum Gasteiger partial charge on any atom is 0.0873 e. The second-order valence-electron chi connectivity index (χ2n) is 6.08. The molecule has 2 aliphatic rings. The molecule has 0 bridgehead atoms. The van der Waals surface area contributed by atoms with Gasteiger partial charge in [-0.2, -0.15) is 0 Å². The van der Waals surface area contributed by atoms with Crippen LogP contribution in [0.25, 0.3) is 0 Å². The summed E-state index contributed by atoms with van der Waals surface area (Å²) in [4.78, 5) is 4.50. The van der Waals surface area contributed by atoms with Gasteiger partial charge in [-0.15, -0.1) is 0 Å². The smallest absolute Gasteiger partial charge is 0.0873 e. The molecule has 2 unspecified atom stereocenters. The zero-order valence-electron chi connectivity index (χ0n) is 11.5. The van der Waals surface area contributed by atoms with Crippen molar-refractivity contribution in [3.05, 3.63) is 65.0 Å². The van der Waals surface area contributed by atoms with E-state index in [1.54, 1.807) is 0 Å². The predicted molar refractivity (Wildman–Crippen MR) is 78.7 cm³/mol. The third kappa shape index (κ3) is 2.04. The molecule has 0 amide bonds. The maximum absolute atomic E-state index is 10.8. The largest absolute Gasteiger partial charge is 0.388 e. The topological polar surface area (TPSA) is 33.1 Å². The van der Waals surface area contributed by atoms with Gasteiger partial charge in [0, 0.05) is 17.8 Å². The van der Waals surface area contributed by atoms with Gasteiger partial charge in [-0.3, -0.25) is 4.98 Å². The molecule has 2 aromatic rings. The lowest BCUT2D eigenvalue weighted by Gasteiger charge is -2.19. The van der Waals surface area contributed by atoms with Crippen LogP contribution in [0.1, 0.15) is 59.6 Å². The SMILES string of the molecule is OC(c1cccc(C2CC2)c1)C1CCc2cccnc21. The van der Waals surface area contributed by atoms with Crippen molar-refractivity contribution in [1.29, 1.82) is 0 Å². The molecule has 0 saturated heterocycles. The molecule has 102 valence electrons. The van der Waals surface area contributed by atoms with Gasteiger partial charge in [0.25, 0.3) is 0 Å².